The van der Waals surface area contributed by atoms with Crippen molar-refractivity contribution in [1.82, 2.24) is 10.2 Å². The number of carbonyl (C=O) groups excluding carboxylic acids is 2. The molecule has 1 aliphatic heterocycles. The van der Waals surface area contributed by atoms with E-state index in [1.807, 2.05) is 61.5 Å². The topological polar surface area (TPSA) is 61.4 Å². The van der Waals surface area contributed by atoms with Gasteiger partial charge in [0.15, 0.2) is 0 Å². The highest BCUT2D eigenvalue weighted by molar-refractivity contribution is 5.89. The van der Waals surface area contributed by atoms with Crippen molar-refractivity contribution in [3.8, 4) is 0 Å². The molecule has 0 atom stereocenters. The molecule has 0 saturated carbocycles. The summed E-state index contributed by atoms with van der Waals surface area (Å²) in [5, 5.41) is 6.01. The van der Waals surface area contributed by atoms with Gasteiger partial charge in [0, 0.05) is 24.8 Å². The molecule has 1 heterocycles. The molecule has 0 radical (unpaired) electrons. The molecule has 0 unspecified atom stereocenters. The molecule has 136 valence electrons. The lowest BCUT2D eigenvalue weighted by Gasteiger charge is -2.32. The summed E-state index contributed by atoms with van der Waals surface area (Å²) < 4.78 is 0. The third-order valence-corrected chi connectivity index (χ3v) is 4.78. The molecule has 2 N–H and O–H groups in total. The van der Waals surface area contributed by atoms with Crippen molar-refractivity contribution in [3.63, 3.8) is 0 Å². The van der Waals surface area contributed by atoms with Crippen molar-refractivity contribution in [2.24, 2.45) is 0 Å². The molecule has 0 spiro atoms. The lowest BCUT2D eigenvalue weighted by atomic mass is 10.0. The lowest BCUT2D eigenvalue weighted by Crippen LogP contribution is -2.48. The second-order valence-electron chi connectivity index (χ2n) is 6.73. The van der Waals surface area contributed by atoms with E-state index in [1.54, 1.807) is 4.90 Å². The fraction of sp³-hybridized carbons (Fsp3) is 0.333. The zero-order valence-electron chi connectivity index (χ0n) is 15.1. The monoisotopic (exact) mass is 351 g/mol. The molecule has 3 amide bonds. The van der Waals surface area contributed by atoms with Gasteiger partial charge in [0.05, 0.1) is 6.42 Å². The number of likely N-dealkylation sites (tertiary alicyclic amines) is 1. The summed E-state index contributed by atoms with van der Waals surface area (Å²) in [5.41, 5.74) is 2.99. The summed E-state index contributed by atoms with van der Waals surface area (Å²) in [7, 11) is 0. The van der Waals surface area contributed by atoms with Gasteiger partial charge in [-0.05, 0) is 43.0 Å². The van der Waals surface area contributed by atoms with Gasteiger partial charge >= 0.3 is 6.03 Å². The number of hydrogen-bond acceptors (Lipinski definition) is 2. The Balaban J connectivity index is 1.44. The van der Waals surface area contributed by atoms with Gasteiger partial charge in [-0.25, -0.2) is 4.79 Å². The Hall–Kier alpha value is -2.82. The van der Waals surface area contributed by atoms with Crippen LogP contribution in [0.5, 0.6) is 0 Å². The third-order valence-electron chi connectivity index (χ3n) is 4.78. The maximum Gasteiger partial charge on any atom is 0.321 e. The number of para-hydroxylation sites is 1. The van der Waals surface area contributed by atoms with Crippen LogP contribution < -0.4 is 10.6 Å². The number of amides is 3. The molecule has 1 saturated heterocycles. The SMILES string of the molecule is Cc1ccccc1CC(=O)NC1CCN(C(=O)Nc2ccccc2)CC1. The molecule has 3 rings (SSSR count). The number of nitrogens with one attached hydrogen (secondary N) is 2. The Bertz CT molecular complexity index is 753. The van der Waals surface area contributed by atoms with Crippen LogP contribution in [0.1, 0.15) is 24.0 Å². The highest BCUT2D eigenvalue weighted by Crippen LogP contribution is 2.14. The Morgan fingerprint density at radius 2 is 1.65 bits per heavy atom. The highest BCUT2D eigenvalue weighted by Gasteiger charge is 2.24. The molecule has 0 aliphatic carbocycles. The Kier molecular flexibility index (Phi) is 5.89. The van der Waals surface area contributed by atoms with E-state index >= 15 is 0 Å². The van der Waals surface area contributed by atoms with E-state index in [0.717, 1.165) is 29.7 Å². The van der Waals surface area contributed by atoms with E-state index in [4.69, 9.17) is 0 Å². The fourth-order valence-corrected chi connectivity index (χ4v) is 3.21. The van der Waals surface area contributed by atoms with E-state index in [2.05, 4.69) is 10.6 Å². The van der Waals surface area contributed by atoms with Gasteiger partial charge < -0.3 is 15.5 Å². The van der Waals surface area contributed by atoms with Gasteiger partial charge in [-0.1, -0.05) is 42.5 Å². The summed E-state index contributed by atoms with van der Waals surface area (Å²) in [6.07, 6.45) is 1.96. The summed E-state index contributed by atoms with van der Waals surface area (Å²) in [6, 6.07) is 17.4. The average molecular weight is 351 g/mol. The third kappa shape index (κ3) is 4.85. The average Bonchev–Trinajstić information content (AvgIpc) is 2.65. The van der Waals surface area contributed by atoms with E-state index in [0.29, 0.717) is 19.5 Å². The number of hydrogen-bond donors (Lipinski definition) is 2. The predicted molar refractivity (Wildman–Crippen MR) is 103 cm³/mol. The van der Waals surface area contributed by atoms with Crippen molar-refractivity contribution in [3.05, 3.63) is 65.7 Å². The van der Waals surface area contributed by atoms with Gasteiger partial charge in [0.2, 0.25) is 5.91 Å². The van der Waals surface area contributed by atoms with Crippen molar-refractivity contribution in [2.75, 3.05) is 18.4 Å². The second-order valence-corrected chi connectivity index (χ2v) is 6.73. The molecular formula is C21H25N3O2. The highest BCUT2D eigenvalue weighted by atomic mass is 16.2. The standard InChI is InChI=1S/C21H25N3O2/c1-16-7-5-6-8-17(16)15-20(25)22-19-11-13-24(14-12-19)21(26)23-18-9-3-2-4-10-18/h2-10,19H,11-15H2,1H3,(H,22,25)(H,23,26). The quantitative estimate of drug-likeness (QED) is 0.887. The first-order chi connectivity index (χ1) is 12.6. The molecule has 1 aliphatic rings. The van der Waals surface area contributed by atoms with Crippen LogP contribution in [0.4, 0.5) is 10.5 Å². The molecular weight excluding hydrogens is 326 g/mol. The normalized spacial score (nSPS) is 14.7. The number of rotatable bonds is 4. The van der Waals surface area contributed by atoms with E-state index < -0.39 is 0 Å². The summed E-state index contributed by atoms with van der Waals surface area (Å²) >= 11 is 0. The van der Waals surface area contributed by atoms with Crippen LogP contribution >= 0.6 is 0 Å². The van der Waals surface area contributed by atoms with Crippen LogP contribution in [0.25, 0.3) is 0 Å². The van der Waals surface area contributed by atoms with Gasteiger partial charge in [0.25, 0.3) is 0 Å². The zero-order chi connectivity index (χ0) is 18.4. The Morgan fingerprint density at radius 1 is 1.00 bits per heavy atom. The minimum atomic E-state index is -0.0825. The van der Waals surface area contributed by atoms with Crippen molar-refractivity contribution in [1.29, 1.82) is 0 Å². The van der Waals surface area contributed by atoms with Crippen LogP contribution in [0, 0.1) is 6.92 Å². The smallest absolute Gasteiger partial charge is 0.321 e. The van der Waals surface area contributed by atoms with Crippen LogP contribution in [0.2, 0.25) is 0 Å². The number of benzene rings is 2. The summed E-state index contributed by atoms with van der Waals surface area (Å²) in [5.74, 6) is 0.0477. The number of piperidine rings is 1. The van der Waals surface area contributed by atoms with Crippen LogP contribution in [0.3, 0.4) is 0 Å². The second kappa shape index (κ2) is 8.52. The van der Waals surface area contributed by atoms with Crippen LogP contribution in [0.15, 0.2) is 54.6 Å². The Labute approximate surface area is 154 Å². The van der Waals surface area contributed by atoms with E-state index in [1.165, 1.54) is 0 Å². The van der Waals surface area contributed by atoms with E-state index in [9.17, 15) is 9.59 Å². The maximum atomic E-state index is 12.3. The molecule has 1 fully saturated rings. The van der Waals surface area contributed by atoms with Crippen molar-refractivity contribution >= 4 is 17.6 Å². The first-order valence-corrected chi connectivity index (χ1v) is 9.06. The van der Waals surface area contributed by atoms with Gasteiger partial charge in [-0.15, -0.1) is 0 Å². The van der Waals surface area contributed by atoms with Crippen molar-refractivity contribution < 1.29 is 9.59 Å². The largest absolute Gasteiger partial charge is 0.353 e. The van der Waals surface area contributed by atoms with Gasteiger partial charge in [-0.3, -0.25) is 4.79 Å². The number of nitrogens with zero attached hydrogens (tertiary/aromatic N) is 1. The van der Waals surface area contributed by atoms with Gasteiger partial charge in [-0.2, -0.15) is 0 Å². The van der Waals surface area contributed by atoms with E-state index in [-0.39, 0.29) is 18.0 Å². The fourth-order valence-electron chi connectivity index (χ4n) is 3.21. The zero-order valence-corrected chi connectivity index (χ0v) is 15.1. The van der Waals surface area contributed by atoms with Gasteiger partial charge in [0.1, 0.15) is 0 Å². The summed E-state index contributed by atoms with van der Waals surface area (Å²) in [6.45, 7) is 3.31. The first kappa shape index (κ1) is 18.0. The molecule has 2 aromatic carbocycles. The van der Waals surface area contributed by atoms with Crippen LogP contribution in [-0.2, 0) is 11.2 Å². The molecule has 5 heteroatoms. The number of anilines is 1. The summed E-state index contributed by atoms with van der Waals surface area (Å²) in [4.78, 5) is 26.4. The molecule has 0 bridgehead atoms. The lowest BCUT2D eigenvalue weighted by molar-refractivity contribution is -0.121. The minimum Gasteiger partial charge on any atom is -0.353 e. The molecule has 0 aromatic heterocycles. The molecule has 2 aromatic rings. The molecule has 26 heavy (non-hydrogen) atoms. The number of urea groups is 1. The first-order valence-electron chi connectivity index (χ1n) is 9.06. The minimum absolute atomic E-state index is 0.0477. The Morgan fingerprint density at radius 3 is 2.35 bits per heavy atom. The molecule has 5 nitrogen and oxygen atoms in total. The van der Waals surface area contributed by atoms with Crippen molar-refractivity contribution in [2.45, 2.75) is 32.2 Å². The maximum absolute atomic E-state index is 12.3. The van der Waals surface area contributed by atoms with Crippen LogP contribution in [-0.4, -0.2) is 36.0 Å². The predicted octanol–water partition coefficient (Wildman–Crippen LogP) is 3.35. The number of carbonyl (C=O) groups is 2. The number of aryl methyl sites for hydroxylation is 1.